The van der Waals surface area contributed by atoms with Crippen LogP contribution >= 0.6 is 35.3 Å². The lowest BCUT2D eigenvalue weighted by molar-refractivity contribution is 0.0203. The van der Waals surface area contributed by atoms with Gasteiger partial charge in [-0.1, -0.05) is 0 Å². The molecule has 0 amide bonds. The van der Waals surface area contributed by atoms with Crippen LogP contribution in [-0.2, 0) is 15.9 Å². The van der Waals surface area contributed by atoms with E-state index in [1.165, 1.54) is 9.75 Å². The number of nitrogens with zero attached hydrogens (tertiary/aromatic N) is 1. The van der Waals surface area contributed by atoms with Gasteiger partial charge in [0.15, 0.2) is 5.96 Å². The van der Waals surface area contributed by atoms with Crippen LogP contribution in [0.4, 0.5) is 0 Å². The molecule has 1 saturated heterocycles. The highest BCUT2D eigenvalue weighted by atomic mass is 127. The molecule has 2 N–H and O–H groups in total. The molecule has 0 aromatic carbocycles. The summed E-state index contributed by atoms with van der Waals surface area (Å²) in [7, 11) is 1.82. The van der Waals surface area contributed by atoms with Gasteiger partial charge in [-0.25, -0.2) is 0 Å². The van der Waals surface area contributed by atoms with Gasteiger partial charge < -0.3 is 20.1 Å². The molecule has 1 unspecified atom stereocenters. The van der Waals surface area contributed by atoms with E-state index in [9.17, 15) is 0 Å². The average Bonchev–Trinajstić information content (AvgIpc) is 3.02. The first-order valence-electron chi connectivity index (χ1n) is 9.35. The fourth-order valence-electron chi connectivity index (χ4n) is 2.92. The summed E-state index contributed by atoms with van der Waals surface area (Å²) in [5.41, 5.74) is 0. The van der Waals surface area contributed by atoms with Gasteiger partial charge in [0, 0.05) is 62.2 Å². The molecule has 0 spiro atoms. The van der Waals surface area contributed by atoms with E-state index in [0.29, 0.717) is 12.0 Å². The Morgan fingerprint density at radius 1 is 1.38 bits per heavy atom. The predicted octanol–water partition coefficient (Wildman–Crippen LogP) is 3.60. The molecule has 0 radical (unpaired) electrons. The molecule has 7 heteroatoms. The van der Waals surface area contributed by atoms with E-state index < -0.39 is 0 Å². The Hall–Kier alpha value is -0.380. The van der Waals surface area contributed by atoms with Gasteiger partial charge in [0.2, 0.25) is 0 Å². The third kappa shape index (κ3) is 9.53. The van der Waals surface area contributed by atoms with Gasteiger partial charge in [-0.05, 0) is 51.2 Å². The van der Waals surface area contributed by atoms with Crippen molar-refractivity contribution in [2.45, 2.75) is 45.6 Å². The maximum absolute atomic E-state index is 5.80. The summed E-state index contributed by atoms with van der Waals surface area (Å²) >= 11 is 1.86. The summed E-state index contributed by atoms with van der Waals surface area (Å²) < 4.78 is 11.2. The molecule has 1 aromatic rings. The van der Waals surface area contributed by atoms with E-state index >= 15 is 0 Å². The summed E-state index contributed by atoms with van der Waals surface area (Å²) in [6.45, 7) is 8.66. The number of aryl methyl sites for hydroxylation is 1. The first-order valence-corrected chi connectivity index (χ1v) is 10.2. The van der Waals surface area contributed by atoms with Gasteiger partial charge >= 0.3 is 0 Å². The van der Waals surface area contributed by atoms with Crippen LogP contribution in [0.15, 0.2) is 17.1 Å². The molecule has 150 valence electrons. The van der Waals surface area contributed by atoms with E-state index in [-0.39, 0.29) is 24.0 Å². The molecule has 5 nitrogen and oxygen atoms in total. The smallest absolute Gasteiger partial charge is 0.191 e. The molecule has 1 aliphatic rings. The first kappa shape index (κ1) is 23.7. The standard InChI is InChI=1S/C19H33N3O2S.HI/c1-15(13-18-6-5-16(2)25-18)22-19(20-3)21-9-4-10-24-14-17-7-11-23-12-8-17;/h5-6,15,17H,4,7-14H2,1-3H3,(H2,20,21,22);1H. The number of halogens is 1. The average molecular weight is 495 g/mol. The normalized spacial score (nSPS) is 16.8. The highest BCUT2D eigenvalue weighted by molar-refractivity contribution is 14.0. The number of nitrogens with one attached hydrogen (secondary N) is 2. The fraction of sp³-hybridized carbons (Fsp3) is 0.737. The summed E-state index contributed by atoms with van der Waals surface area (Å²) in [6, 6.07) is 4.75. The summed E-state index contributed by atoms with van der Waals surface area (Å²) in [4.78, 5) is 7.09. The number of rotatable bonds is 9. The lowest BCUT2D eigenvalue weighted by Crippen LogP contribution is -2.43. The molecule has 1 atom stereocenters. The second kappa shape index (κ2) is 13.7. The largest absolute Gasteiger partial charge is 0.381 e. The molecule has 26 heavy (non-hydrogen) atoms. The van der Waals surface area contributed by atoms with Gasteiger partial charge in [0.05, 0.1) is 0 Å². The maximum atomic E-state index is 5.80. The van der Waals surface area contributed by atoms with Crippen molar-refractivity contribution in [1.29, 1.82) is 0 Å². The van der Waals surface area contributed by atoms with Crippen molar-refractivity contribution in [1.82, 2.24) is 10.6 Å². The van der Waals surface area contributed by atoms with E-state index in [4.69, 9.17) is 9.47 Å². The van der Waals surface area contributed by atoms with Crippen LogP contribution in [0.5, 0.6) is 0 Å². The van der Waals surface area contributed by atoms with Crippen LogP contribution in [0, 0.1) is 12.8 Å². The van der Waals surface area contributed by atoms with Crippen molar-refractivity contribution >= 4 is 41.3 Å². The highest BCUT2D eigenvalue weighted by Crippen LogP contribution is 2.16. The number of thiophene rings is 1. The van der Waals surface area contributed by atoms with E-state index in [0.717, 1.165) is 64.6 Å². The van der Waals surface area contributed by atoms with Crippen molar-refractivity contribution in [3.63, 3.8) is 0 Å². The molecular weight excluding hydrogens is 461 g/mol. The Kier molecular flexibility index (Phi) is 12.5. The molecule has 1 aromatic heterocycles. The third-order valence-corrected chi connectivity index (χ3v) is 5.39. The first-order chi connectivity index (χ1) is 12.2. The van der Waals surface area contributed by atoms with Gasteiger partial charge in [0.25, 0.3) is 0 Å². The fourth-order valence-corrected chi connectivity index (χ4v) is 3.94. The number of hydrogen-bond acceptors (Lipinski definition) is 4. The zero-order chi connectivity index (χ0) is 17.9. The zero-order valence-corrected chi connectivity index (χ0v) is 19.4. The van der Waals surface area contributed by atoms with Crippen LogP contribution in [-0.4, -0.2) is 52.0 Å². The van der Waals surface area contributed by atoms with Crippen molar-refractivity contribution in [2.75, 3.05) is 40.0 Å². The minimum absolute atomic E-state index is 0. The molecule has 1 fully saturated rings. The Morgan fingerprint density at radius 3 is 2.81 bits per heavy atom. The van der Waals surface area contributed by atoms with Crippen LogP contribution in [0.2, 0.25) is 0 Å². The Balaban J connectivity index is 0.00000338. The zero-order valence-electron chi connectivity index (χ0n) is 16.3. The SMILES string of the molecule is CN=C(NCCCOCC1CCOCC1)NC(C)Cc1ccc(C)s1.I. The summed E-state index contributed by atoms with van der Waals surface area (Å²) in [5, 5.41) is 6.83. The summed E-state index contributed by atoms with van der Waals surface area (Å²) in [6.07, 6.45) is 4.28. The van der Waals surface area contributed by atoms with E-state index in [2.05, 4.69) is 41.6 Å². The van der Waals surface area contributed by atoms with Crippen LogP contribution in [0.25, 0.3) is 0 Å². The molecule has 0 aliphatic carbocycles. The Morgan fingerprint density at radius 2 is 2.15 bits per heavy atom. The predicted molar refractivity (Wildman–Crippen MR) is 121 cm³/mol. The van der Waals surface area contributed by atoms with Crippen molar-refractivity contribution < 1.29 is 9.47 Å². The summed E-state index contributed by atoms with van der Waals surface area (Å²) in [5.74, 6) is 1.54. The third-order valence-electron chi connectivity index (χ3n) is 4.36. The number of hydrogen-bond donors (Lipinski definition) is 2. The van der Waals surface area contributed by atoms with Crippen LogP contribution < -0.4 is 10.6 Å². The molecule has 1 aliphatic heterocycles. The lowest BCUT2D eigenvalue weighted by atomic mass is 10.0. The molecule has 0 saturated carbocycles. The maximum Gasteiger partial charge on any atom is 0.191 e. The van der Waals surface area contributed by atoms with E-state index in [1.807, 2.05) is 18.4 Å². The monoisotopic (exact) mass is 495 g/mol. The molecule has 2 heterocycles. The number of guanidine groups is 1. The molecule has 2 rings (SSSR count). The van der Waals surface area contributed by atoms with Gasteiger partial charge in [-0.3, -0.25) is 4.99 Å². The lowest BCUT2D eigenvalue weighted by Gasteiger charge is -2.21. The van der Waals surface area contributed by atoms with E-state index in [1.54, 1.807) is 0 Å². The Labute approximate surface area is 179 Å². The highest BCUT2D eigenvalue weighted by Gasteiger charge is 2.13. The Bertz CT molecular complexity index is 519. The number of aliphatic imine (C=N–C) groups is 1. The van der Waals surface area contributed by atoms with Gasteiger partial charge in [-0.2, -0.15) is 0 Å². The molecular formula is C19H34IN3O2S. The van der Waals surface area contributed by atoms with Crippen LogP contribution in [0.3, 0.4) is 0 Å². The number of ether oxygens (including phenoxy) is 2. The second-order valence-electron chi connectivity index (χ2n) is 6.75. The van der Waals surface area contributed by atoms with Gasteiger partial charge in [-0.15, -0.1) is 35.3 Å². The van der Waals surface area contributed by atoms with Crippen molar-refractivity contribution in [3.05, 3.63) is 21.9 Å². The quantitative estimate of drug-likeness (QED) is 0.238. The topological polar surface area (TPSA) is 54.9 Å². The van der Waals surface area contributed by atoms with Crippen molar-refractivity contribution in [3.8, 4) is 0 Å². The molecule has 0 bridgehead atoms. The van der Waals surface area contributed by atoms with Crippen LogP contribution in [0.1, 0.15) is 35.9 Å². The van der Waals surface area contributed by atoms with Gasteiger partial charge in [0.1, 0.15) is 0 Å². The minimum atomic E-state index is 0. The van der Waals surface area contributed by atoms with Crippen molar-refractivity contribution in [2.24, 2.45) is 10.9 Å². The minimum Gasteiger partial charge on any atom is -0.381 e. The second-order valence-corrected chi connectivity index (χ2v) is 8.12.